The van der Waals surface area contributed by atoms with E-state index in [1.807, 2.05) is 42.5 Å². The minimum Gasteiger partial charge on any atom is -0.490 e. The van der Waals surface area contributed by atoms with Gasteiger partial charge in [0.05, 0.1) is 17.6 Å². The minimum absolute atomic E-state index is 0.214. The first kappa shape index (κ1) is 24.1. The molecule has 5 nitrogen and oxygen atoms in total. The highest BCUT2D eigenvalue weighted by Crippen LogP contribution is 2.24. The van der Waals surface area contributed by atoms with Gasteiger partial charge in [-0.3, -0.25) is 0 Å². The highest BCUT2D eigenvalue weighted by molar-refractivity contribution is 5.78. The summed E-state index contributed by atoms with van der Waals surface area (Å²) in [5.74, 6) is 1.56. The minimum atomic E-state index is -0.214. The molecule has 4 aromatic rings. The number of hydrogen-bond acceptors (Lipinski definition) is 4. The van der Waals surface area contributed by atoms with Gasteiger partial charge in [-0.05, 0) is 66.8 Å². The Morgan fingerprint density at radius 2 is 1.69 bits per heavy atom. The molecule has 0 bridgehead atoms. The Hall–Kier alpha value is -3.64. The third-order valence-electron chi connectivity index (χ3n) is 6.84. The second-order valence-electron chi connectivity index (χ2n) is 9.39. The molecule has 6 heteroatoms. The van der Waals surface area contributed by atoms with Crippen LogP contribution in [-0.2, 0) is 13.0 Å². The molecule has 1 aromatic heterocycles. The zero-order valence-electron chi connectivity index (χ0n) is 20.6. The molecule has 2 heterocycles. The van der Waals surface area contributed by atoms with E-state index in [-0.39, 0.29) is 5.82 Å². The number of benzene rings is 3. The fourth-order valence-corrected chi connectivity index (χ4v) is 4.80. The van der Waals surface area contributed by atoms with Gasteiger partial charge in [0.25, 0.3) is 0 Å². The molecule has 1 aliphatic heterocycles. The van der Waals surface area contributed by atoms with E-state index >= 15 is 0 Å². The zero-order chi connectivity index (χ0) is 24.7. The molecule has 1 N–H and O–H groups in total. The van der Waals surface area contributed by atoms with Crippen LogP contribution >= 0.6 is 0 Å². The first-order valence-corrected chi connectivity index (χ1v) is 12.7. The average molecular weight is 485 g/mol. The monoisotopic (exact) mass is 484 g/mol. The maximum Gasteiger partial charge on any atom is 0.204 e. The van der Waals surface area contributed by atoms with Crippen molar-refractivity contribution in [1.29, 1.82) is 0 Å². The smallest absolute Gasteiger partial charge is 0.204 e. The van der Waals surface area contributed by atoms with Crippen molar-refractivity contribution in [1.82, 2.24) is 14.5 Å². The number of halogens is 1. The van der Waals surface area contributed by atoms with Gasteiger partial charge < -0.3 is 19.5 Å². The average Bonchev–Trinajstić information content (AvgIpc) is 3.25. The number of nitrogens with one attached hydrogen (secondary N) is 1. The van der Waals surface area contributed by atoms with Gasteiger partial charge in [-0.25, -0.2) is 9.37 Å². The van der Waals surface area contributed by atoms with Crippen molar-refractivity contribution in [2.75, 3.05) is 31.6 Å². The van der Waals surface area contributed by atoms with Gasteiger partial charge in [0.15, 0.2) is 0 Å². The molecule has 1 fully saturated rings. The molecule has 0 atom stereocenters. The molecular weight excluding hydrogens is 451 g/mol. The van der Waals surface area contributed by atoms with Crippen LogP contribution in [0.1, 0.15) is 24.0 Å². The first-order chi connectivity index (χ1) is 17.7. The number of para-hydroxylation sites is 2. The van der Waals surface area contributed by atoms with Crippen molar-refractivity contribution in [2.45, 2.75) is 31.8 Å². The van der Waals surface area contributed by atoms with Crippen LogP contribution in [0.4, 0.5) is 10.3 Å². The van der Waals surface area contributed by atoms with Crippen LogP contribution in [0.2, 0.25) is 0 Å². The highest BCUT2D eigenvalue weighted by atomic mass is 19.1. The number of imidazole rings is 1. The summed E-state index contributed by atoms with van der Waals surface area (Å²) in [7, 11) is 0. The van der Waals surface area contributed by atoms with Crippen molar-refractivity contribution in [2.24, 2.45) is 0 Å². The van der Waals surface area contributed by atoms with E-state index in [1.165, 1.54) is 17.7 Å². The predicted molar refractivity (Wildman–Crippen MR) is 144 cm³/mol. The molecule has 1 aliphatic rings. The van der Waals surface area contributed by atoms with Crippen LogP contribution in [0.3, 0.4) is 0 Å². The van der Waals surface area contributed by atoms with Crippen molar-refractivity contribution in [3.05, 3.63) is 102 Å². The molecule has 0 spiro atoms. The fraction of sp³-hybridized carbons (Fsp3) is 0.300. The van der Waals surface area contributed by atoms with E-state index in [9.17, 15) is 4.39 Å². The van der Waals surface area contributed by atoms with Gasteiger partial charge in [-0.2, -0.15) is 0 Å². The van der Waals surface area contributed by atoms with Gasteiger partial charge in [0, 0.05) is 25.7 Å². The van der Waals surface area contributed by atoms with E-state index in [0.29, 0.717) is 19.2 Å². The normalized spacial score (nSPS) is 14.7. The van der Waals surface area contributed by atoms with Gasteiger partial charge >= 0.3 is 0 Å². The summed E-state index contributed by atoms with van der Waals surface area (Å²) in [5, 5.41) is 3.72. The van der Waals surface area contributed by atoms with E-state index in [0.717, 1.165) is 67.2 Å². The van der Waals surface area contributed by atoms with Crippen LogP contribution in [0.25, 0.3) is 11.0 Å². The van der Waals surface area contributed by atoms with E-state index in [4.69, 9.17) is 9.72 Å². The molecule has 36 heavy (non-hydrogen) atoms. The van der Waals surface area contributed by atoms with Crippen LogP contribution in [0.5, 0.6) is 5.75 Å². The van der Waals surface area contributed by atoms with Crippen molar-refractivity contribution < 1.29 is 9.13 Å². The Balaban J connectivity index is 1.17. The lowest BCUT2D eigenvalue weighted by Crippen LogP contribution is -2.40. The SMILES string of the molecule is C=CCOc1ccc(CCN2CCC(Nc3nc4ccccc4n3Cc3ccc(F)cc3)CC2)cc1. The second-order valence-corrected chi connectivity index (χ2v) is 9.39. The van der Waals surface area contributed by atoms with Crippen molar-refractivity contribution in [3.63, 3.8) is 0 Å². The van der Waals surface area contributed by atoms with Gasteiger partial charge in [0.2, 0.25) is 5.95 Å². The topological polar surface area (TPSA) is 42.3 Å². The second kappa shape index (κ2) is 11.4. The molecule has 1 saturated heterocycles. The van der Waals surface area contributed by atoms with E-state index < -0.39 is 0 Å². The predicted octanol–water partition coefficient (Wildman–Crippen LogP) is 5.91. The maximum atomic E-state index is 13.4. The molecule has 0 unspecified atom stereocenters. The number of anilines is 1. The summed E-state index contributed by atoms with van der Waals surface area (Å²) >= 11 is 0. The lowest BCUT2D eigenvalue weighted by atomic mass is 10.0. The van der Waals surface area contributed by atoms with Crippen LogP contribution in [0.15, 0.2) is 85.5 Å². The van der Waals surface area contributed by atoms with Gasteiger partial charge in [-0.1, -0.05) is 49.1 Å². The quantitative estimate of drug-likeness (QED) is 0.284. The Morgan fingerprint density at radius 3 is 2.44 bits per heavy atom. The van der Waals surface area contributed by atoms with Gasteiger partial charge in [-0.15, -0.1) is 0 Å². The summed E-state index contributed by atoms with van der Waals surface area (Å²) in [4.78, 5) is 7.43. The lowest BCUT2D eigenvalue weighted by molar-refractivity contribution is 0.221. The number of aromatic nitrogens is 2. The number of likely N-dealkylation sites (tertiary alicyclic amines) is 1. The number of rotatable bonds is 10. The van der Waals surface area contributed by atoms with E-state index in [1.54, 1.807) is 6.08 Å². The Labute approximate surface area is 212 Å². The summed E-state index contributed by atoms with van der Waals surface area (Å²) in [6.45, 7) is 8.06. The number of nitrogens with zero attached hydrogens (tertiary/aromatic N) is 3. The molecule has 0 radical (unpaired) electrons. The van der Waals surface area contributed by atoms with Crippen LogP contribution in [-0.4, -0.2) is 46.7 Å². The largest absolute Gasteiger partial charge is 0.490 e. The van der Waals surface area contributed by atoms with Gasteiger partial charge in [0.1, 0.15) is 18.2 Å². The number of fused-ring (bicyclic) bond motifs is 1. The molecular formula is C30H33FN4O. The van der Waals surface area contributed by atoms with Crippen molar-refractivity contribution in [3.8, 4) is 5.75 Å². The van der Waals surface area contributed by atoms with Crippen LogP contribution < -0.4 is 10.1 Å². The first-order valence-electron chi connectivity index (χ1n) is 12.7. The molecule has 0 amide bonds. The Bertz CT molecular complexity index is 1270. The lowest BCUT2D eigenvalue weighted by Gasteiger charge is -2.32. The third-order valence-corrected chi connectivity index (χ3v) is 6.84. The standard InChI is InChI=1S/C30H33FN4O/c1-2-21-36-27-13-9-23(10-14-27)15-18-34-19-16-26(17-20-34)32-30-33-28-5-3-4-6-29(28)35(30)22-24-7-11-25(31)12-8-24/h2-14,26H,1,15-22H2,(H,32,33). The summed E-state index contributed by atoms with van der Waals surface area (Å²) in [6, 6.07) is 23.7. The van der Waals surface area contributed by atoms with Crippen molar-refractivity contribution >= 4 is 17.0 Å². The zero-order valence-corrected chi connectivity index (χ0v) is 20.6. The summed E-state index contributed by atoms with van der Waals surface area (Å²) in [6.07, 6.45) is 4.95. The molecule has 0 saturated carbocycles. The Kier molecular flexibility index (Phi) is 7.62. The fourth-order valence-electron chi connectivity index (χ4n) is 4.80. The molecule has 3 aromatic carbocycles. The highest BCUT2D eigenvalue weighted by Gasteiger charge is 2.21. The summed E-state index contributed by atoms with van der Waals surface area (Å²) < 4.78 is 21.2. The Morgan fingerprint density at radius 1 is 0.972 bits per heavy atom. The molecule has 0 aliphatic carbocycles. The third kappa shape index (κ3) is 5.94. The summed E-state index contributed by atoms with van der Waals surface area (Å²) in [5.41, 5.74) is 4.44. The van der Waals surface area contributed by atoms with Crippen LogP contribution in [0, 0.1) is 5.82 Å². The number of piperidine rings is 1. The van der Waals surface area contributed by atoms with E-state index in [2.05, 4.69) is 39.6 Å². The molecule has 5 rings (SSSR count). The number of ether oxygens (including phenoxy) is 1. The molecule has 186 valence electrons. The maximum absolute atomic E-state index is 13.4. The number of hydrogen-bond donors (Lipinski definition) is 1.